The number of amides is 3. The van der Waals surface area contributed by atoms with Gasteiger partial charge in [0, 0.05) is 12.2 Å². The average molecular weight is 631 g/mol. The zero-order chi connectivity index (χ0) is 29.8. The molecule has 0 aliphatic heterocycles. The van der Waals surface area contributed by atoms with Gasteiger partial charge in [-0.2, -0.15) is 5.10 Å². The quantitative estimate of drug-likeness (QED) is 0.158. The summed E-state index contributed by atoms with van der Waals surface area (Å²) in [4.78, 5) is 36.4. The molecule has 0 aliphatic carbocycles. The van der Waals surface area contributed by atoms with Crippen LogP contribution >= 0.6 is 15.9 Å². The minimum atomic E-state index is -0.938. The Labute approximate surface area is 244 Å². The van der Waals surface area contributed by atoms with Gasteiger partial charge in [-0.05, 0) is 82.0 Å². The fourth-order valence-corrected chi connectivity index (χ4v) is 4.05. The molecule has 11 nitrogen and oxygen atoms in total. The van der Waals surface area contributed by atoms with Gasteiger partial charge in [-0.15, -0.1) is 0 Å². The third-order valence-electron chi connectivity index (χ3n) is 5.46. The Morgan fingerprint density at radius 3 is 2.29 bits per heavy atom. The number of carbonyl (C=O) groups is 3. The second-order valence-corrected chi connectivity index (χ2v) is 9.13. The number of rotatable bonds is 12. The molecule has 3 aromatic rings. The van der Waals surface area contributed by atoms with Crippen molar-refractivity contribution in [1.29, 1.82) is 0 Å². The summed E-state index contributed by atoms with van der Waals surface area (Å²) in [5.41, 5.74) is 3.99. The fourth-order valence-electron chi connectivity index (χ4n) is 3.48. The number of carbonyl (C=O) groups excluding carboxylic acids is 3. The van der Waals surface area contributed by atoms with Crippen molar-refractivity contribution in [2.75, 3.05) is 39.8 Å². The lowest BCUT2D eigenvalue weighted by Gasteiger charge is -2.13. The van der Waals surface area contributed by atoms with Crippen molar-refractivity contribution in [2.24, 2.45) is 5.10 Å². The van der Waals surface area contributed by atoms with Crippen LogP contribution in [-0.4, -0.2) is 58.4 Å². The Morgan fingerprint density at radius 1 is 0.902 bits per heavy atom. The highest BCUT2D eigenvalue weighted by atomic mass is 79.9. The number of nitrogens with one attached hydrogen (secondary N) is 3. The second-order valence-electron chi connectivity index (χ2n) is 8.27. The van der Waals surface area contributed by atoms with Crippen LogP contribution in [0.15, 0.2) is 64.2 Å². The Hall–Kier alpha value is -4.65. The van der Waals surface area contributed by atoms with E-state index in [-0.39, 0.29) is 24.7 Å². The van der Waals surface area contributed by atoms with E-state index in [9.17, 15) is 18.8 Å². The molecule has 3 rings (SSSR count). The van der Waals surface area contributed by atoms with Gasteiger partial charge < -0.3 is 29.6 Å². The van der Waals surface area contributed by atoms with Crippen molar-refractivity contribution < 1.29 is 37.7 Å². The van der Waals surface area contributed by atoms with Gasteiger partial charge in [0.2, 0.25) is 0 Å². The predicted octanol–water partition coefficient (Wildman–Crippen LogP) is 3.44. The van der Waals surface area contributed by atoms with E-state index >= 15 is 0 Å². The molecule has 0 radical (unpaired) electrons. The molecule has 0 unspecified atom stereocenters. The van der Waals surface area contributed by atoms with Gasteiger partial charge in [0.05, 0.1) is 32.0 Å². The van der Waals surface area contributed by atoms with Crippen molar-refractivity contribution in [1.82, 2.24) is 10.7 Å². The van der Waals surface area contributed by atoms with E-state index in [1.165, 1.54) is 44.7 Å². The number of benzene rings is 3. The molecule has 13 heteroatoms. The molecule has 0 heterocycles. The Bertz CT molecular complexity index is 1420. The number of hydrogen-bond acceptors (Lipinski definition) is 8. The van der Waals surface area contributed by atoms with Crippen molar-refractivity contribution in [3.63, 3.8) is 0 Å². The molecule has 0 saturated heterocycles. The highest BCUT2D eigenvalue weighted by molar-refractivity contribution is 9.10. The predicted molar refractivity (Wildman–Crippen MR) is 153 cm³/mol. The third-order valence-corrected chi connectivity index (χ3v) is 6.05. The van der Waals surface area contributed by atoms with Crippen LogP contribution in [0, 0.1) is 5.82 Å². The van der Waals surface area contributed by atoms with Gasteiger partial charge in [-0.25, -0.2) is 9.82 Å². The minimum absolute atomic E-state index is 0.221. The van der Waals surface area contributed by atoms with E-state index in [0.29, 0.717) is 33.6 Å². The molecule has 3 amide bonds. The maximum absolute atomic E-state index is 13.0. The first-order chi connectivity index (χ1) is 19.7. The Kier molecular flexibility index (Phi) is 11.5. The summed E-state index contributed by atoms with van der Waals surface area (Å²) in [5, 5.41) is 8.95. The molecule has 41 heavy (non-hydrogen) atoms. The smallest absolute Gasteiger partial charge is 0.329 e. The van der Waals surface area contributed by atoms with Gasteiger partial charge in [0.1, 0.15) is 5.82 Å². The lowest BCUT2D eigenvalue weighted by Crippen LogP contribution is -2.38. The third kappa shape index (κ3) is 9.21. The van der Waals surface area contributed by atoms with E-state index in [1.54, 1.807) is 31.4 Å². The van der Waals surface area contributed by atoms with Crippen molar-refractivity contribution in [2.45, 2.75) is 6.42 Å². The maximum Gasteiger partial charge on any atom is 0.329 e. The summed E-state index contributed by atoms with van der Waals surface area (Å²) in [5.74, 6) is -0.946. The van der Waals surface area contributed by atoms with Crippen LogP contribution < -0.4 is 35.0 Å². The zero-order valence-electron chi connectivity index (χ0n) is 22.5. The summed E-state index contributed by atoms with van der Waals surface area (Å²) in [6.45, 7) is -0.115. The van der Waals surface area contributed by atoms with Gasteiger partial charge in [0.15, 0.2) is 29.6 Å². The Balaban J connectivity index is 1.49. The lowest BCUT2D eigenvalue weighted by molar-refractivity contribution is -0.139. The molecule has 0 spiro atoms. The highest BCUT2D eigenvalue weighted by Gasteiger charge is 2.15. The van der Waals surface area contributed by atoms with Crippen LogP contribution in [0.5, 0.6) is 23.0 Å². The largest absolute Gasteiger partial charge is 0.493 e. The topological polar surface area (TPSA) is 137 Å². The van der Waals surface area contributed by atoms with Crippen LogP contribution in [0.3, 0.4) is 0 Å². The molecule has 0 aromatic heterocycles. The molecule has 0 saturated carbocycles. The first kappa shape index (κ1) is 30.9. The highest BCUT2D eigenvalue weighted by Crippen LogP contribution is 2.36. The van der Waals surface area contributed by atoms with Crippen LogP contribution in [0.2, 0.25) is 0 Å². The molecule has 216 valence electrons. The van der Waals surface area contributed by atoms with Gasteiger partial charge in [-0.3, -0.25) is 14.4 Å². The zero-order valence-corrected chi connectivity index (χ0v) is 24.0. The number of methoxy groups -OCH3 is 3. The number of halogens is 2. The molecule has 0 bridgehead atoms. The maximum atomic E-state index is 13.0. The number of hydrogen-bond donors (Lipinski definition) is 3. The first-order valence-electron chi connectivity index (χ1n) is 12.1. The number of nitrogens with zero attached hydrogens (tertiary/aromatic N) is 1. The number of ether oxygens (including phenoxy) is 4. The SMILES string of the molecule is COc1ccc(CCNC(=O)C(=O)N/N=C\c2cc(Br)c(OCC(=O)Nc3ccc(F)cc3)c(OC)c2)cc1OC. The second kappa shape index (κ2) is 15.2. The summed E-state index contributed by atoms with van der Waals surface area (Å²) in [7, 11) is 4.49. The van der Waals surface area contributed by atoms with E-state index in [1.807, 2.05) is 6.07 Å². The summed E-state index contributed by atoms with van der Waals surface area (Å²) >= 11 is 3.37. The lowest BCUT2D eigenvalue weighted by atomic mass is 10.1. The van der Waals surface area contributed by atoms with Crippen molar-refractivity contribution >= 4 is 45.6 Å². The normalized spacial score (nSPS) is 10.6. The fraction of sp³-hybridized carbons (Fsp3) is 0.214. The standard InChI is InChI=1S/C28H28BrFN4O7/c1-38-22-9-4-17(13-23(22)39-2)10-11-31-27(36)28(37)34-32-15-18-12-21(29)26(24(14-18)40-3)41-16-25(35)33-20-7-5-19(30)6-8-20/h4-9,12-15H,10-11,16H2,1-3H3,(H,31,36)(H,33,35)(H,34,37)/b32-15-. The van der Waals surface area contributed by atoms with Gasteiger partial charge in [0.25, 0.3) is 5.91 Å². The molecular weight excluding hydrogens is 603 g/mol. The van der Waals surface area contributed by atoms with Gasteiger partial charge >= 0.3 is 11.8 Å². The van der Waals surface area contributed by atoms with Gasteiger partial charge in [-0.1, -0.05) is 6.07 Å². The van der Waals surface area contributed by atoms with Crippen LogP contribution in [-0.2, 0) is 20.8 Å². The van der Waals surface area contributed by atoms with E-state index in [0.717, 1.165) is 5.56 Å². The van der Waals surface area contributed by atoms with Crippen LogP contribution in [0.1, 0.15) is 11.1 Å². The minimum Gasteiger partial charge on any atom is -0.493 e. The summed E-state index contributed by atoms with van der Waals surface area (Å²) in [6.07, 6.45) is 1.78. The average Bonchev–Trinajstić information content (AvgIpc) is 2.97. The van der Waals surface area contributed by atoms with E-state index in [2.05, 4.69) is 37.1 Å². The molecule has 0 aliphatic rings. The van der Waals surface area contributed by atoms with Crippen LogP contribution in [0.4, 0.5) is 10.1 Å². The number of anilines is 1. The monoisotopic (exact) mass is 630 g/mol. The summed E-state index contributed by atoms with van der Waals surface area (Å²) < 4.78 is 34.9. The van der Waals surface area contributed by atoms with E-state index < -0.39 is 23.5 Å². The first-order valence-corrected chi connectivity index (χ1v) is 12.9. The molecule has 0 fully saturated rings. The Morgan fingerprint density at radius 2 is 1.61 bits per heavy atom. The van der Waals surface area contributed by atoms with Crippen LogP contribution in [0.25, 0.3) is 0 Å². The van der Waals surface area contributed by atoms with Crippen molar-refractivity contribution in [3.8, 4) is 23.0 Å². The molecule has 3 aromatic carbocycles. The van der Waals surface area contributed by atoms with E-state index in [4.69, 9.17) is 18.9 Å². The van der Waals surface area contributed by atoms with Crippen molar-refractivity contribution in [3.05, 3.63) is 76.0 Å². The number of hydrazone groups is 1. The molecular formula is C28H28BrFN4O7. The molecule has 0 atom stereocenters. The summed E-state index contributed by atoms with van der Waals surface area (Å²) in [6, 6.07) is 13.9. The molecule has 3 N–H and O–H groups in total.